The molecule has 0 atom stereocenters. The Bertz CT molecular complexity index is 273. The topological polar surface area (TPSA) is 20.2 Å². The fourth-order valence-electron chi connectivity index (χ4n) is 0.883. The number of rotatable bonds is 1. The highest BCUT2D eigenvalue weighted by atomic mass is 35.5. The molecule has 1 aromatic carbocycles. The quantitative estimate of drug-likeness (QED) is 0.693. The Morgan fingerprint density at radius 1 is 1.55 bits per heavy atom. The second-order valence-corrected chi connectivity index (χ2v) is 2.69. The van der Waals surface area contributed by atoms with Gasteiger partial charge in [-0.15, -0.1) is 0 Å². The molecule has 1 rings (SSSR count). The minimum atomic E-state index is -0.485. The summed E-state index contributed by atoms with van der Waals surface area (Å²) in [5, 5.41) is 8.79. The Kier molecular flexibility index (Phi) is 2.47. The first-order chi connectivity index (χ1) is 5.16. The summed E-state index contributed by atoms with van der Waals surface area (Å²) in [6.45, 7) is 1.55. The second-order valence-electron chi connectivity index (χ2n) is 2.31. The van der Waals surface area contributed by atoms with Crippen molar-refractivity contribution < 1.29 is 9.50 Å². The van der Waals surface area contributed by atoms with Crippen molar-refractivity contribution in [1.82, 2.24) is 0 Å². The van der Waals surface area contributed by atoms with Gasteiger partial charge in [-0.2, -0.15) is 0 Å². The van der Waals surface area contributed by atoms with Crippen LogP contribution in [0.2, 0.25) is 5.02 Å². The van der Waals surface area contributed by atoms with Gasteiger partial charge in [0.1, 0.15) is 5.82 Å². The van der Waals surface area contributed by atoms with E-state index in [4.69, 9.17) is 16.7 Å². The highest BCUT2D eigenvalue weighted by Gasteiger charge is 2.06. The maximum Gasteiger partial charge on any atom is 0.142 e. The van der Waals surface area contributed by atoms with Gasteiger partial charge >= 0.3 is 0 Å². The highest BCUT2D eigenvalue weighted by molar-refractivity contribution is 6.31. The molecule has 0 saturated carbocycles. The lowest BCUT2D eigenvalue weighted by Gasteiger charge is -2.04. The van der Waals surface area contributed by atoms with E-state index in [9.17, 15) is 4.39 Å². The molecule has 0 spiro atoms. The normalized spacial score (nSPS) is 10.2. The number of benzene rings is 1. The Morgan fingerprint density at radius 3 is 2.64 bits per heavy atom. The summed E-state index contributed by atoms with van der Waals surface area (Å²) in [7, 11) is 0. The number of aliphatic hydroxyl groups excluding tert-OH is 1. The van der Waals surface area contributed by atoms with E-state index >= 15 is 0 Å². The molecule has 11 heavy (non-hydrogen) atoms. The summed E-state index contributed by atoms with van der Waals surface area (Å²) >= 11 is 5.56. The lowest BCUT2D eigenvalue weighted by atomic mass is 10.1. The Morgan fingerprint density at radius 2 is 2.18 bits per heavy atom. The molecule has 60 valence electrons. The van der Waals surface area contributed by atoms with Crippen molar-refractivity contribution in [2.24, 2.45) is 0 Å². The Labute approximate surface area is 69.4 Å². The van der Waals surface area contributed by atoms with Crippen LogP contribution in [0.5, 0.6) is 0 Å². The van der Waals surface area contributed by atoms with Crippen LogP contribution in [0.25, 0.3) is 0 Å². The first kappa shape index (κ1) is 8.50. The van der Waals surface area contributed by atoms with E-state index in [1.54, 1.807) is 13.0 Å². The molecule has 1 N–H and O–H groups in total. The molecule has 0 bridgehead atoms. The van der Waals surface area contributed by atoms with E-state index in [1.807, 2.05) is 0 Å². The van der Waals surface area contributed by atoms with E-state index in [0.29, 0.717) is 5.56 Å². The van der Waals surface area contributed by atoms with Crippen LogP contribution in [0.15, 0.2) is 12.1 Å². The predicted octanol–water partition coefficient (Wildman–Crippen LogP) is 2.28. The molecule has 0 heterocycles. The zero-order chi connectivity index (χ0) is 8.43. The minimum absolute atomic E-state index is 0.0208. The summed E-state index contributed by atoms with van der Waals surface area (Å²) in [6.07, 6.45) is 0. The predicted molar refractivity (Wildman–Crippen MR) is 42.1 cm³/mol. The summed E-state index contributed by atoms with van der Waals surface area (Å²) < 4.78 is 12.7. The molecule has 0 aliphatic heterocycles. The molecule has 1 aromatic rings. The maximum atomic E-state index is 12.7. The molecule has 0 radical (unpaired) electrons. The number of hydrogen-bond donors (Lipinski definition) is 1. The van der Waals surface area contributed by atoms with Crippen molar-refractivity contribution in [1.29, 1.82) is 0 Å². The van der Waals surface area contributed by atoms with Crippen LogP contribution in [0, 0.1) is 12.7 Å². The third kappa shape index (κ3) is 1.52. The number of hydrogen-bond acceptors (Lipinski definition) is 1. The fourth-order valence-corrected chi connectivity index (χ4v) is 1.16. The van der Waals surface area contributed by atoms with Gasteiger partial charge in [0.05, 0.1) is 11.6 Å². The van der Waals surface area contributed by atoms with Crippen LogP contribution in [-0.2, 0) is 6.61 Å². The van der Waals surface area contributed by atoms with Crippen molar-refractivity contribution in [3.63, 3.8) is 0 Å². The van der Waals surface area contributed by atoms with Gasteiger partial charge in [-0.1, -0.05) is 17.7 Å². The van der Waals surface area contributed by atoms with Crippen molar-refractivity contribution >= 4 is 11.6 Å². The molecule has 1 nitrogen and oxygen atoms in total. The average molecular weight is 175 g/mol. The van der Waals surface area contributed by atoms with Crippen LogP contribution < -0.4 is 0 Å². The fraction of sp³-hybridized carbons (Fsp3) is 0.250. The number of aliphatic hydroxyl groups is 1. The van der Waals surface area contributed by atoms with E-state index in [2.05, 4.69) is 0 Å². The maximum absolute atomic E-state index is 12.7. The zero-order valence-electron chi connectivity index (χ0n) is 6.06. The number of halogens is 2. The van der Waals surface area contributed by atoms with Crippen LogP contribution in [0.1, 0.15) is 11.1 Å². The van der Waals surface area contributed by atoms with Gasteiger partial charge < -0.3 is 5.11 Å². The molecular formula is C8H8ClFO. The third-order valence-electron chi connectivity index (χ3n) is 1.59. The molecular weight excluding hydrogens is 167 g/mol. The summed E-state index contributed by atoms with van der Waals surface area (Å²) in [5.41, 5.74) is 1.27. The van der Waals surface area contributed by atoms with Gasteiger partial charge in [0.25, 0.3) is 0 Å². The van der Waals surface area contributed by atoms with E-state index < -0.39 is 5.82 Å². The minimum Gasteiger partial charge on any atom is -0.392 e. The SMILES string of the molecule is Cc1ccc(F)c(Cl)c1CO. The van der Waals surface area contributed by atoms with Crippen molar-refractivity contribution in [3.05, 3.63) is 34.1 Å². The van der Waals surface area contributed by atoms with Crippen molar-refractivity contribution in [3.8, 4) is 0 Å². The van der Waals surface area contributed by atoms with Crippen LogP contribution in [0.4, 0.5) is 4.39 Å². The van der Waals surface area contributed by atoms with Gasteiger partial charge in [0, 0.05) is 5.56 Å². The largest absolute Gasteiger partial charge is 0.392 e. The first-order valence-corrected chi connectivity index (χ1v) is 3.59. The van der Waals surface area contributed by atoms with E-state index in [1.165, 1.54) is 6.07 Å². The zero-order valence-corrected chi connectivity index (χ0v) is 6.82. The van der Waals surface area contributed by atoms with Crippen molar-refractivity contribution in [2.75, 3.05) is 0 Å². The molecule has 0 unspecified atom stereocenters. The van der Waals surface area contributed by atoms with Gasteiger partial charge in [-0.05, 0) is 18.6 Å². The molecule has 0 aliphatic rings. The smallest absolute Gasteiger partial charge is 0.142 e. The van der Waals surface area contributed by atoms with Crippen LogP contribution >= 0.6 is 11.6 Å². The van der Waals surface area contributed by atoms with Crippen LogP contribution in [0.3, 0.4) is 0 Å². The van der Waals surface area contributed by atoms with E-state index in [0.717, 1.165) is 5.56 Å². The summed E-state index contributed by atoms with van der Waals surface area (Å²) in [4.78, 5) is 0. The molecule has 0 aromatic heterocycles. The van der Waals surface area contributed by atoms with Gasteiger partial charge in [-0.3, -0.25) is 0 Å². The molecule has 0 fully saturated rings. The van der Waals surface area contributed by atoms with Gasteiger partial charge in [-0.25, -0.2) is 4.39 Å². The molecule has 0 aliphatic carbocycles. The van der Waals surface area contributed by atoms with Crippen LogP contribution in [-0.4, -0.2) is 5.11 Å². The average Bonchev–Trinajstić information content (AvgIpc) is 1.99. The summed E-state index contributed by atoms with van der Waals surface area (Å²) in [5.74, 6) is -0.485. The lowest BCUT2D eigenvalue weighted by molar-refractivity contribution is 0.280. The molecule has 3 heteroatoms. The van der Waals surface area contributed by atoms with Gasteiger partial charge in [0.15, 0.2) is 0 Å². The lowest BCUT2D eigenvalue weighted by Crippen LogP contribution is -1.92. The number of aryl methyl sites for hydroxylation is 1. The van der Waals surface area contributed by atoms with E-state index in [-0.39, 0.29) is 11.6 Å². The summed E-state index contributed by atoms with van der Waals surface area (Å²) in [6, 6.07) is 2.88. The Hall–Kier alpha value is -0.600. The third-order valence-corrected chi connectivity index (χ3v) is 2.00. The monoisotopic (exact) mass is 174 g/mol. The second kappa shape index (κ2) is 3.20. The highest BCUT2D eigenvalue weighted by Crippen LogP contribution is 2.22. The van der Waals surface area contributed by atoms with Gasteiger partial charge in [0.2, 0.25) is 0 Å². The standard InChI is InChI=1S/C8H8ClFO/c1-5-2-3-7(10)8(9)6(5)4-11/h2-3,11H,4H2,1H3. The first-order valence-electron chi connectivity index (χ1n) is 3.21. The van der Waals surface area contributed by atoms with Crippen molar-refractivity contribution in [2.45, 2.75) is 13.5 Å². The Balaban J connectivity index is 3.29. The molecule has 0 saturated heterocycles. The molecule has 0 amide bonds.